The largest absolute Gasteiger partial charge is 0.388 e. The zero-order valence-corrected chi connectivity index (χ0v) is 9.65. The van der Waals surface area contributed by atoms with E-state index in [1.54, 1.807) is 11.3 Å². The van der Waals surface area contributed by atoms with Crippen LogP contribution < -0.4 is 0 Å². The van der Waals surface area contributed by atoms with Gasteiger partial charge in [-0.25, -0.2) is 4.98 Å². The van der Waals surface area contributed by atoms with E-state index in [9.17, 15) is 5.11 Å². The van der Waals surface area contributed by atoms with Gasteiger partial charge in [0.1, 0.15) is 0 Å². The fraction of sp³-hybridized carbons (Fsp3) is 0.308. The molecule has 2 atom stereocenters. The number of benzene rings is 1. The summed E-state index contributed by atoms with van der Waals surface area (Å²) in [6, 6.07) is 8.17. The lowest BCUT2D eigenvalue weighted by Crippen LogP contribution is -2.10. The molecule has 0 spiro atoms. The molecular weight excluding hydrogens is 218 g/mol. The van der Waals surface area contributed by atoms with Crippen LogP contribution in [0.2, 0.25) is 0 Å². The Bertz CT molecular complexity index is 478. The lowest BCUT2D eigenvalue weighted by atomic mass is 10.0. The minimum absolute atomic E-state index is 0.295. The van der Waals surface area contributed by atoms with E-state index in [0.717, 1.165) is 23.4 Å². The molecule has 0 saturated heterocycles. The van der Waals surface area contributed by atoms with E-state index >= 15 is 0 Å². The summed E-state index contributed by atoms with van der Waals surface area (Å²) in [6.45, 7) is 0. The zero-order valence-electron chi connectivity index (χ0n) is 8.84. The molecule has 3 heteroatoms. The fourth-order valence-electron chi connectivity index (χ4n) is 2.42. The van der Waals surface area contributed by atoms with Gasteiger partial charge in [0.25, 0.3) is 0 Å². The smallest absolute Gasteiger partial charge is 0.0928 e. The molecule has 0 fully saturated rings. The Hall–Kier alpha value is -1.19. The number of fused-ring (bicyclic) bond motifs is 1. The number of rotatable bonds is 2. The van der Waals surface area contributed by atoms with Gasteiger partial charge in [-0.2, -0.15) is 0 Å². The van der Waals surface area contributed by atoms with E-state index in [1.807, 2.05) is 29.8 Å². The number of hydrogen-bond acceptors (Lipinski definition) is 3. The number of hydrogen-bond donors (Lipinski definition) is 1. The van der Waals surface area contributed by atoms with Crippen molar-refractivity contribution in [3.05, 3.63) is 52.0 Å². The molecule has 1 heterocycles. The van der Waals surface area contributed by atoms with E-state index in [1.165, 1.54) is 5.56 Å². The molecule has 82 valence electrons. The van der Waals surface area contributed by atoms with Gasteiger partial charge in [0.05, 0.1) is 11.1 Å². The molecule has 1 aromatic heterocycles. The van der Waals surface area contributed by atoms with E-state index in [4.69, 9.17) is 0 Å². The van der Waals surface area contributed by atoms with Crippen LogP contribution in [0.4, 0.5) is 0 Å². The number of aliphatic hydroxyl groups is 1. The minimum Gasteiger partial charge on any atom is -0.388 e. The van der Waals surface area contributed by atoms with Crippen molar-refractivity contribution < 1.29 is 5.11 Å². The first-order chi connectivity index (χ1) is 7.84. The summed E-state index contributed by atoms with van der Waals surface area (Å²) < 4.78 is 0. The van der Waals surface area contributed by atoms with Gasteiger partial charge in [-0.3, -0.25) is 0 Å². The Morgan fingerprint density at radius 2 is 2.25 bits per heavy atom. The summed E-state index contributed by atoms with van der Waals surface area (Å²) in [7, 11) is 0. The highest BCUT2D eigenvalue weighted by atomic mass is 32.1. The van der Waals surface area contributed by atoms with Crippen LogP contribution in [0.25, 0.3) is 0 Å². The third-order valence-electron chi connectivity index (χ3n) is 3.22. The van der Waals surface area contributed by atoms with E-state index < -0.39 is 0 Å². The Kier molecular flexibility index (Phi) is 2.50. The number of aliphatic hydroxyl groups excluding tert-OH is 1. The van der Waals surface area contributed by atoms with Crippen molar-refractivity contribution in [2.24, 2.45) is 5.92 Å². The maximum atomic E-state index is 10.2. The first-order valence-corrected chi connectivity index (χ1v) is 6.37. The highest BCUT2D eigenvalue weighted by Gasteiger charge is 2.30. The van der Waals surface area contributed by atoms with E-state index in [2.05, 4.69) is 11.1 Å². The fourth-order valence-corrected chi connectivity index (χ4v) is 3.13. The van der Waals surface area contributed by atoms with Gasteiger partial charge in [0, 0.05) is 18.0 Å². The normalized spacial score (nSPS) is 23.3. The predicted molar refractivity (Wildman–Crippen MR) is 64.4 cm³/mol. The van der Waals surface area contributed by atoms with Crippen LogP contribution in [0.15, 0.2) is 35.8 Å². The molecular formula is C13H13NOS. The monoisotopic (exact) mass is 231 g/mol. The van der Waals surface area contributed by atoms with Crippen LogP contribution in [0.5, 0.6) is 0 Å². The Balaban J connectivity index is 1.82. The lowest BCUT2D eigenvalue weighted by molar-refractivity contribution is 0.123. The lowest BCUT2D eigenvalue weighted by Gasteiger charge is -2.12. The second-order valence-corrected chi connectivity index (χ2v) is 5.22. The molecule has 1 aromatic carbocycles. The first kappa shape index (κ1) is 10.00. The topological polar surface area (TPSA) is 33.1 Å². The summed E-state index contributed by atoms with van der Waals surface area (Å²) in [5.74, 6) is 0.295. The molecule has 0 amide bonds. The van der Waals surface area contributed by atoms with Crippen LogP contribution in [-0.2, 0) is 12.8 Å². The van der Waals surface area contributed by atoms with Gasteiger partial charge < -0.3 is 5.11 Å². The van der Waals surface area contributed by atoms with Crippen LogP contribution in [-0.4, -0.2) is 10.1 Å². The number of thiazole rings is 1. The second kappa shape index (κ2) is 4.00. The van der Waals surface area contributed by atoms with Crippen molar-refractivity contribution in [3.63, 3.8) is 0 Å². The molecule has 3 rings (SSSR count). The third kappa shape index (κ3) is 1.66. The van der Waals surface area contributed by atoms with Gasteiger partial charge in [0.2, 0.25) is 0 Å². The van der Waals surface area contributed by atoms with Gasteiger partial charge in [-0.15, -0.1) is 11.3 Å². The summed E-state index contributed by atoms with van der Waals surface area (Å²) in [6.07, 6.45) is 3.36. The molecule has 16 heavy (non-hydrogen) atoms. The molecule has 1 aliphatic carbocycles. The molecule has 0 saturated carbocycles. The average Bonchev–Trinajstić information content (AvgIpc) is 2.90. The first-order valence-electron chi connectivity index (χ1n) is 5.49. The summed E-state index contributed by atoms with van der Waals surface area (Å²) >= 11 is 1.67. The Morgan fingerprint density at radius 1 is 1.38 bits per heavy atom. The maximum absolute atomic E-state index is 10.2. The minimum atomic E-state index is -0.319. The van der Waals surface area contributed by atoms with Crippen LogP contribution >= 0.6 is 11.3 Å². The summed E-state index contributed by atoms with van der Waals surface area (Å²) in [4.78, 5) is 4.28. The van der Waals surface area contributed by atoms with Gasteiger partial charge in [-0.05, 0) is 23.5 Å². The Labute approximate surface area is 98.6 Å². The molecule has 2 unspecified atom stereocenters. The average molecular weight is 231 g/mol. The standard InChI is InChI=1S/C13H13NOS/c15-13-10(8-12-14-5-6-16-12)7-9-3-1-2-4-11(9)13/h1-6,10,13,15H,7-8H2. The van der Waals surface area contributed by atoms with Crippen molar-refractivity contribution in [1.29, 1.82) is 0 Å². The number of nitrogens with zero attached hydrogens (tertiary/aromatic N) is 1. The van der Waals surface area contributed by atoms with Crippen molar-refractivity contribution >= 4 is 11.3 Å². The van der Waals surface area contributed by atoms with Gasteiger partial charge >= 0.3 is 0 Å². The molecule has 0 bridgehead atoms. The molecule has 0 radical (unpaired) electrons. The van der Waals surface area contributed by atoms with E-state index in [-0.39, 0.29) is 6.10 Å². The molecule has 0 aliphatic heterocycles. The van der Waals surface area contributed by atoms with Crippen molar-refractivity contribution in [3.8, 4) is 0 Å². The van der Waals surface area contributed by atoms with Crippen LogP contribution in [0, 0.1) is 5.92 Å². The highest BCUT2D eigenvalue weighted by Crippen LogP contribution is 2.37. The van der Waals surface area contributed by atoms with E-state index in [0.29, 0.717) is 5.92 Å². The molecule has 2 aromatic rings. The maximum Gasteiger partial charge on any atom is 0.0928 e. The Morgan fingerprint density at radius 3 is 3.00 bits per heavy atom. The van der Waals surface area contributed by atoms with Crippen molar-refractivity contribution in [2.45, 2.75) is 18.9 Å². The molecule has 2 nitrogen and oxygen atoms in total. The zero-order chi connectivity index (χ0) is 11.0. The van der Waals surface area contributed by atoms with Crippen molar-refractivity contribution in [1.82, 2.24) is 4.98 Å². The van der Waals surface area contributed by atoms with Gasteiger partial charge in [0.15, 0.2) is 0 Å². The number of aromatic nitrogens is 1. The molecule has 1 N–H and O–H groups in total. The second-order valence-electron chi connectivity index (χ2n) is 4.24. The van der Waals surface area contributed by atoms with Crippen LogP contribution in [0.1, 0.15) is 22.2 Å². The highest BCUT2D eigenvalue weighted by molar-refractivity contribution is 7.09. The summed E-state index contributed by atoms with van der Waals surface area (Å²) in [5.41, 5.74) is 2.39. The predicted octanol–water partition coefficient (Wildman–Crippen LogP) is 2.59. The van der Waals surface area contributed by atoms with Crippen molar-refractivity contribution in [2.75, 3.05) is 0 Å². The third-order valence-corrected chi connectivity index (χ3v) is 4.02. The quantitative estimate of drug-likeness (QED) is 0.861. The van der Waals surface area contributed by atoms with Gasteiger partial charge in [-0.1, -0.05) is 24.3 Å². The molecule has 1 aliphatic rings. The summed E-state index contributed by atoms with van der Waals surface area (Å²) in [5, 5.41) is 13.3. The SMILES string of the molecule is OC1c2ccccc2CC1Cc1nccs1. The van der Waals surface area contributed by atoms with Crippen LogP contribution in [0.3, 0.4) is 0 Å².